The molecular weight excluding hydrogens is 470 g/mol. The number of amides is 2. The summed E-state index contributed by atoms with van der Waals surface area (Å²) in [4.78, 5) is 27.9. The number of anilines is 1. The van der Waals surface area contributed by atoms with E-state index in [2.05, 4.69) is 5.32 Å². The molecule has 0 fully saturated rings. The molecule has 0 radical (unpaired) electrons. The lowest BCUT2D eigenvalue weighted by Gasteiger charge is -2.33. The molecule has 1 N–H and O–H groups in total. The van der Waals surface area contributed by atoms with Crippen molar-refractivity contribution < 1.29 is 27.5 Å². The Morgan fingerprint density at radius 2 is 1.71 bits per heavy atom. The van der Waals surface area contributed by atoms with E-state index in [1.54, 1.807) is 19.1 Å². The van der Waals surface area contributed by atoms with Crippen LogP contribution in [0.2, 0.25) is 0 Å². The minimum absolute atomic E-state index is 0.166. The molecule has 0 aliphatic carbocycles. The van der Waals surface area contributed by atoms with E-state index in [1.165, 1.54) is 25.2 Å². The topological polar surface area (TPSA) is 105 Å². The average molecular weight is 506 g/mol. The maximum atomic E-state index is 13.6. The number of benzene rings is 2. The smallest absolute Gasteiger partial charge is 0.244 e. The van der Waals surface area contributed by atoms with Crippen molar-refractivity contribution in [2.75, 3.05) is 37.9 Å². The molecule has 2 aromatic rings. The lowest BCUT2D eigenvalue weighted by atomic mass is 10.1. The second-order valence-corrected chi connectivity index (χ2v) is 10.0. The molecule has 0 heterocycles. The van der Waals surface area contributed by atoms with Crippen LogP contribution in [0.3, 0.4) is 0 Å². The fourth-order valence-corrected chi connectivity index (χ4v) is 4.65. The zero-order valence-electron chi connectivity index (χ0n) is 21.2. The molecule has 0 bridgehead atoms. The fourth-order valence-electron chi connectivity index (χ4n) is 3.81. The van der Waals surface area contributed by atoms with Crippen LogP contribution >= 0.6 is 0 Å². The number of sulfonamides is 1. The number of carbonyl (C=O) groups excluding carboxylic acids is 2. The minimum atomic E-state index is -3.84. The summed E-state index contributed by atoms with van der Waals surface area (Å²) in [7, 11) is -0.924. The van der Waals surface area contributed by atoms with E-state index < -0.39 is 28.5 Å². The summed E-state index contributed by atoms with van der Waals surface area (Å²) in [6, 6.07) is 11.5. The van der Waals surface area contributed by atoms with Gasteiger partial charge in [-0.05, 0) is 38.0 Å². The largest absolute Gasteiger partial charge is 0.493 e. The number of methoxy groups -OCH3 is 2. The quantitative estimate of drug-likeness (QED) is 0.476. The van der Waals surface area contributed by atoms with Crippen molar-refractivity contribution in [3.8, 4) is 11.5 Å². The van der Waals surface area contributed by atoms with Gasteiger partial charge < -0.3 is 19.7 Å². The molecule has 35 heavy (non-hydrogen) atoms. The van der Waals surface area contributed by atoms with Crippen LogP contribution in [0.4, 0.5) is 5.69 Å². The Morgan fingerprint density at radius 3 is 2.26 bits per heavy atom. The maximum Gasteiger partial charge on any atom is 0.244 e. The third kappa shape index (κ3) is 7.35. The average Bonchev–Trinajstić information content (AvgIpc) is 2.81. The van der Waals surface area contributed by atoms with Gasteiger partial charge in [-0.3, -0.25) is 13.9 Å². The molecule has 0 spiro atoms. The molecule has 0 unspecified atom stereocenters. The van der Waals surface area contributed by atoms with Gasteiger partial charge in [0.1, 0.15) is 12.6 Å². The summed E-state index contributed by atoms with van der Waals surface area (Å²) in [6.07, 6.45) is 1.40. The predicted octanol–water partition coefficient (Wildman–Crippen LogP) is 2.72. The van der Waals surface area contributed by atoms with Crippen molar-refractivity contribution in [2.45, 2.75) is 39.8 Å². The first-order valence-corrected chi connectivity index (χ1v) is 13.2. The third-order valence-corrected chi connectivity index (χ3v) is 6.65. The normalized spacial score (nSPS) is 11.9. The summed E-state index contributed by atoms with van der Waals surface area (Å²) < 4.78 is 37.0. The minimum Gasteiger partial charge on any atom is -0.493 e. The number of hydrogen-bond acceptors (Lipinski definition) is 6. The lowest BCUT2D eigenvalue weighted by molar-refractivity contribution is -0.140. The highest BCUT2D eigenvalue weighted by Gasteiger charge is 2.31. The number of nitrogens with zero attached hydrogens (tertiary/aromatic N) is 2. The number of likely N-dealkylation sites (N-methyl/N-ethyl adjacent to an activating group) is 1. The second-order valence-electron chi connectivity index (χ2n) is 8.14. The summed E-state index contributed by atoms with van der Waals surface area (Å²) >= 11 is 0. The van der Waals surface area contributed by atoms with E-state index >= 15 is 0 Å². The molecule has 0 saturated carbocycles. The monoisotopic (exact) mass is 505 g/mol. The van der Waals surface area contributed by atoms with Gasteiger partial charge in [0.05, 0.1) is 26.2 Å². The molecule has 2 aromatic carbocycles. The van der Waals surface area contributed by atoms with E-state index in [9.17, 15) is 18.0 Å². The fraction of sp³-hybridized carbons (Fsp3) is 0.440. The van der Waals surface area contributed by atoms with Gasteiger partial charge in [0.25, 0.3) is 0 Å². The van der Waals surface area contributed by atoms with Crippen molar-refractivity contribution in [2.24, 2.45) is 0 Å². The van der Waals surface area contributed by atoms with Gasteiger partial charge in [-0.25, -0.2) is 8.42 Å². The van der Waals surface area contributed by atoms with Crippen LogP contribution in [-0.4, -0.2) is 64.7 Å². The van der Waals surface area contributed by atoms with E-state index in [0.29, 0.717) is 24.5 Å². The first kappa shape index (κ1) is 28.0. The molecule has 0 aliphatic heterocycles. The van der Waals surface area contributed by atoms with Crippen molar-refractivity contribution in [1.29, 1.82) is 0 Å². The molecule has 0 aromatic heterocycles. The first-order valence-electron chi connectivity index (χ1n) is 11.4. The molecule has 10 heteroatoms. The van der Waals surface area contributed by atoms with E-state index in [0.717, 1.165) is 21.7 Å². The first-order chi connectivity index (χ1) is 16.5. The maximum absolute atomic E-state index is 13.6. The third-order valence-electron chi connectivity index (χ3n) is 5.51. The number of aryl methyl sites for hydroxylation is 1. The van der Waals surface area contributed by atoms with Gasteiger partial charge in [0.2, 0.25) is 21.8 Å². The molecule has 0 aliphatic rings. The summed E-state index contributed by atoms with van der Waals surface area (Å²) in [5, 5.41) is 2.78. The number of ether oxygens (including phenoxy) is 2. The second kappa shape index (κ2) is 12.4. The summed E-state index contributed by atoms with van der Waals surface area (Å²) in [6.45, 7) is 5.68. The lowest BCUT2D eigenvalue weighted by Crippen LogP contribution is -2.52. The van der Waals surface area contributed by atoms with Gasteiger partial charge in [-0.15, -0.1) is 0 Å². The Balaban J connectivity index is 2.48. The molecule has 2 rings (SSSR count). The standard InChI is InChI=1S/C25H35N3O6S/c1-7-21(25(30)26-8-2)27(16-19-11-9-10-18(3)14-19)24(29)17-28(35(6,31)32)20-12-13-22(33-4)23(15-20)34-5/h9-15,21H,7-8,16-17H2,1-6H3,(H,26,30)/t21-/m0/s1. The Kier molecular flexibility index (Phi) is 9.94. The van der Waals surface area contributed by atoms with Crippen molar-refractivity contribution in [1.82, 2.24) is 10.2 Å². The highest BCUT2D eigenvalue weighted by Crippen LogP contribution is 2.32. The van der Waals surface area contributed by atoms with E-state index in [-0.39, 0.29) is 18.1 Å². The van der Waals surface area contributed by atoms with Crippen LogP contribution in [0.15, 0.2) is 42.5 Å². The van der Waals surface area contributed by atoms with Crippen LogP contribution in [0.25, 0.3) is 0 Å². The highest BCUT2D eigenvalue weighted by molar-refractivity contribution is 7.92. The van der Waals surface area contributed by atoms with Gasteiger partial charge >= 0.3 is 0 Å². The Morgan fingerprint density at radius 1 is 1.03 bits per heavy atom. The zero-order valence-corrected chi connectivity index (χ0v) is 22.0. The van der Waals surface area contributed by atoms with Gasteiger partial charge in [0, 0.05) is 19.2 Å². The Bertz CT molecular complexity index is 1140. The van der Waals surface area contributed by atoms with E-state index in [4.69, 9.17) is 9.47 Å². The molecule has 0 saturated heterocycles. The van der Waals surface area contributed by atoms with E-state index in [1.807, 2.05) is 38.1 Å². The van der Waals surface area contributed by atoms with Crippen molar-refractivity contribution in [3.63, 3.8) is 0 Å². The number of rotatable bonds is 12. The molecule has 192 valence electrons. The van der Waals surface area contributed by atoms with Crippen LogP contribution in [0.1, 0.15) is 31.4 Å². The molecule has 9 nitrogen and oxygen atoms in total. The van der Waals surface area contributed by atoms with Crippen LogP contribution < -0.4 is 19.1 Å². The summed E-state index contributed by atoms with van der Waals surface area (Å²) in [5.74, 6) is -0.0197. The van der Waals surface area contributed by atoms with Crippen LogP contribution in [0, 0.1) is 6.92 Å². The number of nitrogens with one attached hydrogen (secondary N) is 1. The number of hydrogen-bond donors (Lipinski definition) is 1. The van der Waals surface area contributed by atoms with Crippen LogP contribution in [-0.2, 0) is 26.2 Å². The Hall–Kier alpha value is -3.27. The molecule has 2 amide bonds. The SMILES string of the molecule is CCNC(=O)[C@H](CC)N(Cc1cccc(C)c1)C(=O)CN(c1ccc(OC)c(OC)c1)S(C)(=O)=O. The highest BCUT2D eigenvalue weighted by atomic mass is 32.2. The van der Waals surface area contributed by atoms with Crippen molar-refractivity contribution >= 4 is 27.5 Å². The summed E-state index contributed by atoms with van der Waals surface area (Å²) in [5.41, 5.74) is 2.11. The van der Waals surface area contributed by atoms with Crippen molar-refractivity contribution in [3.05, 3.63) is 53.6 Å². The number of carbonyl (C=O) groups is 2. The van der Waals surface area contributed by atoms with Gasteiger partial charge in [0.15, 0.2) is 11.5 Å². The molecule has 1 atom stereocenters. The Labute approximate surface area is 208 Å². The zero-order chi connectivity index (χ0) is 26.2. The van der Waals surface area contributed by atoms with Gasteiger partial charge in [-0.1, -0.05) is 36.8 Å². The van der Waals surface area contributed by atoms with Crippen LogP contribution in [0.5, 0.6) is 11.5 Å². The molecular formula is C25H35N3O6S. The van der Waals surface area contributed by atoms with Gasteiger partial charge in [-0.2, -0.15) is 0 Å². The predicted molar refractivity (Wildman–Crippen MR) is 136 cm³/mol.